The molecular weight excluding hydrogens is 287 g/mol. The van der Waals surface area contributed by atoms with E-state index in [4.69, 9.17) is 5.73 Å². The van der Waals surface area contributed by atoms with Crippen molar-refractivity contribution in [2.75, 3.05) is 11.1 Å². The normalized spacial score (nSPS) is 11.6. The molecule has 0 bridgehead atoms. The number of thiazole rings is 1. The van der Waals surface area contributed by atoms with E-state index in [0.717, 1.165) is 23.6 Å². The number of rotatable bonds is 4. The molecule has 0 aliphatic carbocycles. The van der Waals surface area contributed by atoms with Crippen LogP contribution < -0.4 is 11.1 Å². The summed E-state index contributed by atoms with van der Waals surface area (Å²) in [5.41, 5.74) is 5.44. The van der Waals surface area contributed by atoms with E-state index >= 15 is 0 Å². The smallest absolute Gasteiger partial charge is 0.397 e. The number of hydrogen-bond donors (Lipinski definition) is 2. The molecule has 0 spiro atoms. The Labute approximate surface area is 118 Å². The molecule has 3 nitrogen and oxygen atoms in total. The summed E-state index contributed by atoms with van der Waals surface area (Å²) in [6.07, 6.45) is -1.66. The predicted molar refractivity (Wildman–Crippen MR) is 74.7 cm³/mol. The Morgan fingerprint density at radius 1 is 1.35 bits per heavy atom. The van der Waals surface area contributed by atoms with Crippen LogP contribution in [0, 0.1) is 0 Å². The highest BCUT2D eigenvalue weighted by atomic mass is 32.1. The molecular formula is C13H14F3N3S. The van der Waals surface area contributed by atoms with E-state index in [1.807, 2.05) is 6.92 Å². The van der Waals surface area contributed by atoms with Gasteiger partial charge in [-0.2, -0.15) is 13.2 Å². The monoisotopic (exact) mass is 301 g/mol. The fourth-order valence-corrected chi connectivity index (χ4v) is 2.47. The number of alkyl halides is 3. The van der Waals surface area contributed by atoms with Gasteiger partial charge in [-0.25, -0.2) is 4.98 Å². The molecule has 0 aliphatic rings. The second kappa shape index (κ2) is 5.70. The summed E-state index contributed by atoms with van der Waals surface area (Å²) in [5, 5.41) is 3.88. The Balaban J connectivity index is 2.06. The number of aryl methyl sites for hydroxylation is 1. The molecule has 1 aromatic carbocycles. The van der Waals surface area contributed by atoms with Crippen LogP contribution in [0.2, 0.25) is 0 Å². The largest absolute Gasteiger partial charge is 0.416 e. The average molecular weight is 301 g/mol. The van der Waals surface area contributed by atoms with E-state index in [2.05, 4.69) is 10.3 Å². The summed E-state index contributed by atoms with van der Waals surface area (Å²) in [6, 6.07) is 3.28. The van der Waals surface area contributed by atoms with Crippen molar-refractivity contribution in [3.63, 3.8) is 0 Å². The molecule has 3 N–H and O–H groups in total. The zero-order chi connectivity index (χ0) is 14.8. The maximum absolute atomic E-state index is 12.5. The first kappa shape index (κ1) is 14.6. The lowest BCUT2D eigenvalue weighted by Crippen LogP contribution is -2.08. The van der Waals surface area contributed by atoms with Crippen LogP contribution in [0.1, 0.15) is 22.4 Å². The number of nitrogens with one attached hydrogen (secondary N) is 1. The number of anilines is 2. The minimum atomic E-state index is -4.38. The number of benzene rings is 1. The molecule has 0 radical (unpaired) electrons. The van der Waals surface area contributed by atoms with Gasteiger partial charge in [-0.15, -0.1) is 11.3 Å². The second-order valence-corrected chi connectivity index (χ2v) is 5.43. The van der Waals surface area contributed by atoms with Crippen LogP contribution in [0.3, 0.4) is 0 Å². The van der Waals surface area contributed by atoms with Gasteiger partial charge >= 0.3 is 6.18 Å². The molecule has 0 aliphatic heterocycles. The molecule has 0 amide bonds. The summed E-state index contributed by atoms with van der Waals surface area (Å²) < 4.78 is 37.5. The van der Waals surface area contributed by atoms with Crippen molar-refractivity contribution < 1.29 is 13.2 Å². The van der Waals surface area contributed by atoms with Crippen LogP contribution in [0.5, 0.6) is 0 Å². The first-order valence-electron chi connectivity index (χ1n) is 6.04. The molecule has 0 saturated carbocycles. The van der Waals surface area contributed by atoms with Crippen molar-refractivity contribution in [3.8, 4) is 0 Å². The quantitative estimate of drug-likeness (QED) is 0.842. The van der Waals surface area contributed by atoms with Crippen molar-refractivity contribution in [2.45, 2.75) is 26.1 Å². The fourth-order valence-electron chi connectivity index (χ4n) is 1.66. The average Bonchev–Trinajstić information content (AvgIpc) is 2.84. The van der Waals surface area contributed by atoms with E-state index in [-0.39, 0.29) is 5.69 Å². The molecule has 1 heterocycles. The summed E-state index contributed by atoms with van der Waals surface area (Å²) in [6.45, 7) is 2.48. The van der Waals surface area contributed by atoms with Crippen LogP contribution in [-0.4, -0.2) is 4.98 Å². The highest BCUT2D eigenvalue weighted by Crippen LogP contribution is 2.33. The Kier molecular flexibility index (Phi) is 4.17. The van der Waals surface area contributed by atoms with Crippen LogP contribution in [0.15, 0.2) is 24.4 Å². The number of aromatic nitrogens is 1. The third kappa shape index (κ3) is 3.41. The third-order valence-corrected chi connectivity index (χ3v) is 3.90. The molecule has 0 fully saturated rings. The predicted octanol–water partition coefficient (Wildman–Crippen LogP) is 3.92. The summed E-state index contributed by atoms with van der Waals surface area (Å²) >= 11 is 1.57. The Bertz CT molecular complexity index is 593. The first-order valence-corrected chi connectivity index (χ1v) is 6.86. The first-order chi connectivity index (χ1) is 9.40. The molecule has 0 unspecified atom stereocenters. The molecule has 20 heavy (non-hydrogen) atoms. The maximum Gasteiger partial charge on any atom is 0.416 e. The van der Waals surface area contributed by atoms with Crippen LogP contribution in [0.4, 0.5) is 24.5 Å². The standard InChI is InChI=1S/C13H14F3N3S/c1-2-9-6-19-12(20-9)7-18-11-4-3-8(5-10(11)17)13(14,15)16/h3-6,18H,2,7,17H2,1H3. The van der Waals surface area contributed by atoms with E-state index in [9.17, 15) is 13.2 Å². The summed E-state index contributed by atoms with van der Waals surface area (Å²) in [7, 11) is 0. The molecule has 108 valence electrons. The SMILES string of the molecule is CCc1cnc(CNc2ccc(C(F)(F)F)cc2N)s1. The molecule has 0 atom stereocenters. The Morgan fingerprint density at radius 2 is 2.10 bits per heavy atom. The van der Waals surface area contributed by atoms with Gasteiger partial charge in [-0.3, -0.25) is 0 Å². The van der Waals surface area contributed by atoms with Gasteiger partial charge in [0.1, 0.15) is 5.01 Å². The van der Waals surface area contributed by atoms with Crippen molar-refractivity contribution in [1.29, 1.82) is 0 Å². The van der Waals surface area contributed by atoms with Crippen LogP contribution in [0.25, 0.3) is 0 Å². The van der Waals surface area contributed by atoms with E-state index in [1.54, 1.807) is 17.5 Å². The van der Waals surface area contributed by atoms with E-state index in [0.29, 0.717) is 12.2 Å². The highest BCUT2D eigenvalue weighted by Gasteiger charge is 2.30. The van der Waals surface area contributed by atoms with Gasteiger partial charge in [0, 0.05) is 11.1 Å². The van der Waals surface area contributed by atoms with Crippen LogP contribution in [-0.2, 0) is 19.1 Å². The molecule has 2 aromatic rings. The van der Waals surface area contributed by atoms with E-state index in [1.165, 1.54) is 10.9 Å². The van der Waals surface area contributed by atoms with Gasteiger partial charge in [-0.1, -0.05) is 6.92 Å². The maximum atomic E-state index is 12.5. The van der Waals surface area contributed by atoms with Gasteiger partial charge in [0.15, 0.2) is 0 Å². The van der Waals surface area contributed by atoms with Crippen molar-refractivity contribution in [1.82, 2.24) is 4.98 Å². The van der Waals surface area contributed by atoms with Gasteiger partial charge < -0.3 is 11.1 Å². The van der Waals surface area contributed by atoms with Crippen molar-refractivity contribution >= 4 is 22.7 Å². The number of nitrogens with two attached hydrogens (primary N) is 1. The number of halogens is 3. The summed E-state index contributed by atoms with van der Waals surface area (Å²) in [4.78, 5) is 5.39. The second-order valence-electron chi connectivity index (χ2n) is 4.23. The Hall–Kier alpha value is -1.76. The topological polar surface area (TPSA) is 50.9 Å². The molecule has 2 rings (SSSR count). The minimum absolute atomic E-state index is 0.0760. The lowest BCUT2D eigenvalue weighted by molar-refractivity contribution is -0.137. The summed E-state index contributed by atoms with van der Waals surface area (Å²) in [5.74, 6) is 0. The molecule has 0 saturated heterocycles. The van der Waals surface area contributed by atoms with Crippen molar-refractivity contribution in [3.05, 3.63) is 39.8 Å². The number of hydrogen-bond acceptors (Lipinski definition) is 4. The zero-order valence-electron chi connectivity index (χ0n) is 10.8. The minimum Gasteiger partial charge on any atom is -0.397 e. The van der Waals surface area contributed by atoms with Gasteiger partial charge in [0.25, 0.3) is 0 Å². The molecule has 1 aromatic heterocycles. The van der Waals surface area contributed by atoms with Gasteiger partial charge in [0.05, 0.1) is 23.5 Å². The van der Waals surface area contributed by atoms with Crippen molar-refractivity contribution in [2.24, 2.45) is 0 Å². The van der Waals surface area contributed by atoms with Gasteiger partial charge in [0.2, 0.25) is 0 Å². The third-order valence-electron chi connectivity index (χ3n) is 2.76. The fraction of sp³-hybridized carbons (Fsp3) is 0.308. The molecule has 7 heteroatoms. The number of nitrogens with zero attached hydrogens (tertiary/aromatic N) is 1. The number of nitrogen functional groups attached to an aromatic ring is 1. The highest BCUT2D eigenvalue weighted by molar-refractivity contribution is 7.11. The zero-order valence-corrected chi connectivity index (χ0v) is 11.6. The Morgan fingerprint density at radius 3 is 2.65 bits per heavy atom. The lowest BCUT2D eigenvalue weighted by atomic mass is 10.1. The van der Waals surface area contributed by atoms with Gasteiger partial charge in [-0.05, 0) is 24.6 Å². The van der Waals surface area contributed by atoms with Crippen LogP contribution >= 0.6 is 11.3 Å². The van der Waals surface area contributed by atoms with E-state index < -0.39 is 11.7 Å². The lowest BCUT2D eigenvalue weighted by Gasteiger charge is -2.11.